The van der Waals surface area contributed by atoms with Gasteiger partial charge in [-0.15, -0.1) is 0 Å². The highest BCUT2D eigenvalue weighted by molar-refractivity contribution is 6.01. The second kappa shape index (κ2) is 7.70. The second-order valence-corrected chi connectivity index (χ2v) is 6.56. The van der Waals surface area contributed by atoms with Gasteiger partial charge < -0.3 is 15.2 Å². The Kier molecular flexibility index (Phi) is 5.38. The van der Waals surface area contributed by atoms with E-state index in [9.17, 15) is 9.59 Å². The van der Waals surface area contributed by atoms with Crippen molar-refractivity contribution < 1.29 is 9.59 Å². The van der Waals surface area contributed by atoms with Crippen molar-refractivity contribution in [2.45, 2.75) is 45.2 Å². The summed E-state index contributed by atoms with van der Waals surface area (Å²) in [4.78, 5) is 26.8. The van der Waals surface area contributed by atoms with Gasteiger partial charge in [-0.2, -0.15) is 0 Å². The van der Waals surface area contributed by atoms with Crippen molar-refractivity contribution in [2.75, 3.05) is 18.1 Å². The number of anilines is 1. The molecule has 2 heterocycles. The molecule has 6 nitrogen and oxygen atoms in total. The van der Waals surface area contributed by atoms with Gasteiger partial charge in [-0.3, -0.25) is 9.59 Å². The van der Waals surface area contributed by atoms with Gasteiger partial charge >= 0.3 is 0 Å². The zero-order valence-corrected chi connectivity index (χ0v) is 14.8. The summed E-state index contributed by atoms with van der Waals surface area (Å²) in [5.41, 5.74) is 6.16. The molecule has 2 aliphatic heterocycles. The number of hydrogen-bond donors (Lipinski definition) is 2. The van der Waals surface area contributed by atoms with Gasteiger partial charge in [0, 0.05) is 25.2 Å². The van der Waals surface area contributed by atoms with E-state index < -0.39 is 6.04 Å². The first-order valence-corrected chi connectivity index (χ1v) is 9.02. The van der Waals surface area contributed by atoms with Crippen molar-refractivity contribution in [3.05, 3.63) is 42.1 Å². The number of rotatable bonds is 6. The number of fused-ring (bicyclic) bond motifs is 1. The summed E-state index contributed by atoms with van der Waals surface area (Å²) in [6.45, 7) is 7.98. The average Bonchev–Trinajstić information content (AvgIpc) is 2.96. The molecule has 6 heteroatoms. The molecule has 0 saturated carbocycles. The van der Waals surface area contributed by atoms with Crippen LogP contribution in [-0.4, -0.2) is 35.8 Å². The Morgan fingerprint density at radius 1 is 1.44 bits per heavy atom. The highest BCUT2D eigenvalue weighted by atomic mass is 16.2. The minimum absolute atomic E-state index is 0.0641. The van der Waals surface area contributed by atoms with Crippen LogP contribution >= 0.6 is 0 Å². The number of benzene rings is 1. The Hall–Kier alpha value is -2.34. The van der Waals surface area contributed by atoms with E-state index in [0.29, 0.717) is 18.5 Å². The van der Waals surface area contributed by atoms with Gasteiger partial charge in [-0.25, -0.2) is 5.43 Å². The molecule has 2 N–H and O–H groups in total. The van der Waals surface area contributed by atoms with Crippen LogP contribution in [0.4, 0.5) is 5.69 Å². The molecule has 1 aromatic carbocycles. The molecule has 25 heavy (non-hydrogen) atoms. The summed E-state index contributed by atoms with van der Waals surface area (Å²) in [5.74, 6) is -0.234. The minimum atomic E-state index is -0.459. The fraction of sp³-hybridized carbons (Fsp3) is 0.474. The van der Waals surface area contributed by atoms with E-state index in [1.807, 2.05) is 19.1 Å². The SMILES string of the molecule is C=CNC(=O)C(CCC)N1Cc2cc(N3CCCCN3)ccc2C1=O. The molecule has 1 aromatic rings. The Bertz CT molecular complexity index is 667. The zero-order chi connectivity index (χ0) is 17.8. The van der Waals surface area contributed by atoms with Crippen LogP contribution in [0.1, 0.15) is 48.5 Å². The van der Waals surface area contributed by atoms with E-state index >= 15 is 0 Å². The molecule has 1 saturated heterocycles. The molecule has 0 aromatic heterocycles. The van der Waals surface area contributed by atoms with Gasteiger partial charge in [-0.1, -0.05) is 19.9 Å². The van der Waals surface area contributed by atoms with Crippen LogP contribution in [0.2, 0.25) is 0 Å². The van der Waals surface area contributed by atoms with E-state index in [0.717, 1.165) is 37.2 Å². The minimum Gasteiger partial charge on any atom is -0.331 e. The molecule has 3 rings (SSSR count). The van der Waals surface area contributed by atoms with Crippen LogP contribution in [-0.2, 0) is 11.3 Å². The first-order chi connectivity index (χ1) is 12.2. The predicted molar refractivity (Wildman–Crippen MR) is 97.9 cm³/mol. The number of hydrogen-bond acceptors (Lipinski definition) is 4. The fourth-order valence-electron chi connectivity index (χ4n) is 3.56. The van der Waals surface area contributed by atoms with Crippen LogP contribution < -0.4 is 15.8 Å². The normalized spacial score (nSPS) is 18.0. The molecule has 0 spiro atoms. The molecular weight excluding hydrogens is 316 g/mol. The van der Waals surface area contributed by atoms with E-state index in [2.05, 4.69) is 28.4 Å². The van der Waals surface area contributed by atoms with Gasteiger partial charge in [0.15, 0.2) is 0 Å². The lowest BCUT2D eigenvalue weighted by Crippen LogP contribution is -2.45. The molecule has 1 atom stereocenters. The van der Waals surface area contributed by atoms with Gasteiger partial charge in [0.05, 0.1) is 5.69 Å². The monoisotopic (exact) mass is 342 g/mol. The van der Waals surface area contributed by atoms with E-state index in [4.69, 9.17) is 0 Å². The van der Waals surface area contributed by atoms with Crippen LogP contribution in [0.3, 0.4) is 0 Å². The molecule has 0 bridgehead atoms. The largest absolute Gasteiger partial charge is 0.331 e. The van der Waals surface area contributed by atoms with Crippen LogP contribution in [0.5, 0.6) is 0 Å². The summed E-state index contributed by atoms with van der Waals surface area (Å²) in [7, 11) is 0. The van der Waals surface area contributed by atoms with E-state index in [1.165, 1.54) is 12.6 Å². The maximum Gasteiger partial charge on any atom is 0.255 e. The maximum atomic E-state index is 12.8. The van der Waals surface area contributed by atoms with Crippen LogP contribution in [0, 0.1) is 0 Å². The highest BCUT2D eigenvalue weighted by Gasteiger charge is 2.36. The first-order valence-electron chi connectivity index (χ1n) is 9.02. The smallest absolute Gasteiger partial charge is 0.255 e. The van der Waals surface area contributed by atoms with Crippen molar-refractivity contribution >= 4 is 17.5 Å². The van der Waals surface area contributed by atoms with Crippen molar-refractivity contribution in [1.29, 1.82) is 0 Å². The second-order valence-electron chi connectivity index (χ2n) is 6.56. The van der Waals surface area contributed by atoms with Crippen LogP contribution in [0.15, 0.2) is 31.0 Å². The summed E-state index contributed by atoms with van der Waals surface area (Å²) in [5, 5.41) is 4.77. The lowest BCUT2D eigenvalue weighted by atomic mass is 10.1. The van der Waals surface area contributed by atoms with Gasteiger partial charge in [0.2, 0.25) is 5.91 Å². The molecule has 2 aliphatic rings. The molecule has 134 valence electrons. The lowest BCUT2D eigenvalue weighted by molar-refractivity contribution is -0.125. The maximum absolute atomic E-state index is 12.8. The Morgan fingerprint density at radius 2 is 2.28 bits per heavy atom. The summed E-state index contributed by atoms with van der Waals surface area (Å²) in [6.07, 6.45) is 5.19. The van der Waals surface area contributed by atoms with E-state index in [1.54, 1.807) is 4.90 Å². The van der Waals surface area contributed by atoms with Crippen molar-refractivity contribution in [3.63, 3.8) is 0 Å². The summed E-state index contributed by atoms with van der Waals surface area (Å²) < 4.78 is 0. The van der Waals surface area contributed by atoms with Gasteiger partial charge in [0.1, 0.15) is 6.04 Å². The fourth-order valence-corrected chi connectivity index (χ4v) is 3.56. The topological polar surface area (TPSA) is 64.7 Å². The number of carbonyl (C=O) groups is 2. The molecule has 0 aliphatic carbocycles. The Morgan fingerprint density at radius 3 is 2.96 bits per heavy atom. The number of nitrogens with zero attached hydrogens (tertiary/aromatic N) is 2. The Balaban J connectivity index is 1.81. The third-order valence-electron chi connectivity index (χ3n) is 4.83. The van der Waals surface area contributed by atoms with Crippen molar-refractivity contribution in [2.24, 2.45) is 0 Å². The number of hydrazine groups is 1. The quantitative estimate of drug-likeness (QED) is 0.832. The molecule has 0 radical (unpaired) electrons. The molecule has 1 unspecified atom stereocenters. The van der Waals surface area contributed by atoms with E-state index in [-0.39, 0.29) is 11.8 Å². The molecule has 1 fully saturated rings. The van der Waals surface area contributed by atoms with Gasteiger partial charge in [0.25, 0.3) is 5.91 Å². The molecular formula is C19H26N4O2. The first kappa shape index (κ1) is 17.5. The molecule has 2 amide bonds. The van der Waals surface area contributed by atoms with Crippen molar-refractivity contribution in [3.8, 4) is 0 Å². The Labute approximate surface area is 148 Å². The van der Waals surface area contributed by atoms with Crippen molar-refractivity contribution in [1.82, 2.24) is 15.6 Å². The van der Waals surface area contributed by atoms with Gasteiger partial charge in [-0.05, 0) is 49.2 Å². The third-order valence-corrected chi connectivity index (χ3v) is 4.83. The highest BCUT2D eigenvalue weighted by Crippen LogP contribution is 2.30. The standard InChI is InChI=1S/C19H26N4O2/c1-3-7-17(18(24)20-4-2)22-13-14-12-15(8-9-16(14)19(22)25)23-11-6-5-10-21-23/h4,8-9,12,17,21H,2-3,5-7,10-11,13H2,1H3,(H,20,24). The lowest BCUT2D eigenvalue weighted by Gasteiger charge is -2.30. The average molecular weight is 342 g/mol. The zero-order valence-electron chi connectivity index (χ0n) is 14.8. The van der Waals surface area contributed by atoms with Crippen LogP contribution in [0.25, 0.3) is 0 Å². The number of carbonyl (C=O) groups excluding carboxylic acids is 2. The number of nitrogens with one attached hydrogen (secondary N) is 2. The third kappa shape index (κ3) is 3.54. The number of amides is 2. The summed E-state index contributed by atoms with van der Waals surface area (Å²) >= 11 is 0. The predicted octanol–water partition coefficient (Wildman–Crippen LogP) is 2.18. The summed E-state index contributed by atoms with van der Waals surface area (Å²) in [6, 6.07) is 5.48.